The molecule has 0 radical (unpaired) electrons. The minimum atomic E-state index is -0.820. The molecule has 4 aromatic rings. The van der Waals surface area contributed by atoms with Gasteiger partial charge in [0.05, 0.1) is 21.8 Å². The molecule has 40 heavy (non-hydrogen) atoms. The first-order valence-electron chi connectivity index (χ1n) is 13.5. The van der Waals surface area contributed by atoms with Crippen LogP contribution in [0.1, 0.15) is 67.1 Å². The van der Waals surface area contributed by atoms with E-state index in [1.165, 1.54) is 16.2 Å². The SMILES string of the molecule is Cc1cc(C)c2nc(N3C(=O)C(=O)/C(=C(/O)c4ccc5c(c4)CC(C)O5)C3c3ccc(C(C)(C)C)cc3)sc2c1. The van der Waals surface area contributed by atoms with Crippen LogP contribution >= 0.6 is 11.3 Å². The molecule has 3 heterocycles. The first-order valence-corrected chi connectivity index (χ1v) is 14.3. The fraction of sp³-hybridized carbons (Fsp3) is 0.303. The van der Waals surface area contributed by atoms with Gasteiger partial charge in [-0.05, 0) is 78.3 Å². The van der Waals surface area contributed by atoms with E-state index in [0.717, 1.165) is 43.8 Å². The highest BCUT2D eigenvalue weighted by Crippen LogP contribution is 2.45. The lowest BCUT2D eigenvalue weighted by Crippen LogP contribution is -2.29. The maximum atomic E-state index is 13.7. The molecule has 2 unspecified atom stereocenters. The minimum absolute atomic E-state index is 0.0467. The molecule has 1 fully saturated rings. The highest BCUT2D eigenvalue weighted by molar-refractivity contribution is 7.22. The van der Waals surface area contributed by atoms with Crippen molar-refractivity contribution in [2.24, 2.45) is 0 Å². The molecule has 3 aromatic carbocycles. The second kappa shape index (κ2) is 9.30. The van der Waals surface area contributed by atoms with Gasteiger partial charge in [-0.25, -0.2) is 4.98 Å². The maximum Gasteiger partial charge on any atom is 0.301 e. The third kappa shape index (κ3) is 4.29. The van der Waals surface area contributed by atoms with Crippen molar-refractivity contribution in [2.45, 2.75) is 65.5 Å². The van der Waals surface area contributed by atoms with Gasteiger partial charge in [0.1, 0.15) is 17.6 Å². The van der Waals surface area contributed by atoms with Crippen LogP contribution in [-0.4, -0.2) is 27.9 Å². The highest BCUT2D eigenvalue weighted by atomic mass is 32.1. The topological polar surface area (TPSA) is 79.7 Å². The van der Waals surface area contributed by atoms with Crippen LogP contribution in [0.25, 0.3) is 16.0 Å². The number of anilines is 1. The van der Waals surface area contributed by atoms with Crippen molar-refractivity contribution in [3.8, 4) is 5.75 Å². The van der Waals surface area contributed by atoms with E-state index in [-0.39, 0.29) is 22.9 Å². The van der Waals surface area contributed by atoms with E-state index in [9.17, 15) is 14.7 Å². The summed E-state index contributed by atoms with van der Waals surface area (Å²) >= 11 is 1.38. The standard InChI is InChI=1S/C33H32N2O4S/c1-17-13-18(2)27-25(14-17)40-32(34-27)35-28(20-7-10-23(11-8-20)33(4,5)6)26(30(37)31(35)38)29(36)21-9-12-24-22(16-21)15-19(3)39-24/h7-14,16,19,28,36H,15H2,1-6H3/b29-26+. The normalized spacial score (nSPS) is 20.3. The van der Waals surface area contributed by atoms with Crippen LogP contribution < -0.4 is 9.64 Å². The molecule has 2 aliphatic heterocycles. The van der Waals surface area contributed by atoms with E-state index in [4.69, 9.17) is 9.72 Å². The monoisotopic (exact) mass is 552 g/mol. The fourth-order valence-corrected chi connectivity index (χ4v) is 6.87. The van der Waals surface area contributed by atoms with Crippen LogP contribution in [0.5, 0.6) is 5.75 Å². The van der Waals surface area contributed by atoms with Gasteiger partial charge < -0.3 is 9.84 Å². The summed E-state index contributed by atoms with van der Waals surface area (Å²) in [6, 6.07) is 16.6. The zero-order chi connectivity index (χ0) is 28.5. The number of thiazole rings is 1. The molecule has 6 rings (SSSR count). The van der Waals surface area contributed by atoms with Crippen molar-refractivity contribution in [1.82, 2.24) is 4.98 Å². The first-order chi connectivity index (χ1) is 18.9. The molecule has 1 N–H and O–H groups in total. The lowest BCUT2D eigenvalue weighted by atomic mass is 9.85. The van der Waals surface area contributed by atoms with Gasteiger partial charge in [-0.2, -0.15) is 0 Å². The number of aryl methyl sites for hydroxylation is 2. The van der Waals surface area contributed by atoms with Gasteiger partial charge in [0.2, 0.25) is 0 Å². The Bertz CT molecular complexity index is 1730. The number of amides is 1. The second-order valence-corrected chi connectivity index (χ2v) is 12.9. The number of Topliss-reactive ketones (excluding diaryl/α,β-unsaturated/α-hetero) is 1. The molecule has 6 nitrogen and oxygen atoms in total. The van der Waals surface area contributed by atoms with Crippen molar-refractivity contribution in [3.05, 3.63) is 93.6 Å². The molecule has 1 aromatic heterocycles. The quantitative estimate of drug-likeness (QED) is 0.166. The Hall–Kier alpha value is -3.97. The number of ketones is 1. The van der Waals surface area contributed by atoms with Gasteiger partial charge in [0.25, 0.3) is 5.78 Å². The van der Waals surface area contributed by atoms with Gasteiger partial charge in [-0.15, -0.1) is 0 Å². The lowest BCUT2D eigenvalue weighted by molar-refractivity contribution is -0.132. The minimum Gasteiger partial charge on any atom is -0.507 e. The Morgan fingerprint density at radius 1 is 1.05 bits per heavy atom. The number of benzene rings is 3. The number of hydrogen-bond acceptors (Lipinski definition) is 6. The fourth-order valence-electron chi connectivity index (χ4n) is 5.70. The number of ether oxygens (including phenoxy) is 1. The summed E-state index contributed by atoms with van der Waals surface area (Å²) in [6.07, 6.45) is 0.762. The second-order valence-electron chi connectivity index (χ2n) is 11.9. The number of aromatic nitrogens is 1. The molecule has 0 aliphatic carbocycles. The molecular formula is C33H32N2O4S. The zero-order valence-corrected chi connectivity index (χ0v) is 24.3. The summed E-state index contributed by atoms with van der Waals surface area (Å²) < 4.78 is 6.77. The number of nitrogens with zero attached hydrogens (tertiary/aromatic N) is 2. The number of hydrogen-bond donors (Lipinski definition) is 1. The van der Waals surface area contributed by atoms with E-state index < -0.39 is 17.7 Å². The van der Waals surface area contributed by atoms with Crippen LogP contribution in [0.15, 0.2) is 60.2 Å². The largest absolute Gasteiger partial charge is 0.507 e. The van der Waals surface area contributed by atoms with E-state index >= 15 is 0 Å². The molecule has 204 valence electrons. The number of carbonyl (C=O) groups excluding carboxylic acids is 2. The van der Waals surface area contributed by atoms with Crippen molar-refractivity contribution in [2.75, 3.05) is 4.90 Å². The van der Waals surface area contributed by atoms with Crippen molar-refractivity contribution < 1.29 is 19.4 Å². The third-order valence-corrected chi connectivity index (χ3v) is 8.73. The summed E-state index contributed by atoms with van der Waals surface area (Å²) in [5, 5.41) is 12.1. The van der Waals surface area contributed by atoms with Crippen LogP contribution in [0.3, 0.4) is 0 Å². The van der Waals surface area contributed by atoms with Gasteiger partial charge in [-0.3, -0.25) is 14.5 Å². The molecule has 0 spiro atoms. The number of carbonyl (C=O) groups is 2. The predicted octanol–water partition coefficient (Wildman–Crippen LogP) is 7.16. The molecule has 0 bridgehead atoms. The Kier molecular flexibility index (Phi) is 6.11. The van der Waals surface area contributed by atoms with E-state index in [1.807, 2.05) is 63.2 Å². The van der Waals surface area contributed by atoms with Crippen LogP contribution in [0, 0.1) is 13.8 Å². The molecule has 1 saturated heterocycles. The molecule has 1 amide bonds. The maximum absolute atomic E-state index is 13.7. The Labute approximate surface area is 237 Å². The number of rotatable bonds is 3. The van der Waals surface area contributed by atoms with Gasteiger partial charge in [-0.1, -0.05) is 62.4 Å². The predicted molar refractivity (Wildman–Crippen MR) is 159 cm³/mol. The van der Waals surface area contributed by atoms with Crippen LogP contribution in [0.4, 0.5) is 5.13 Å². The number of aliphatic hydroxyl groups excluding tert-OH is 1. The highest BCUT2D eigenvalue weighted by Gasteiger charge is 2.48. The van der Waals surface area contributed by atoms with Gasteiger partial charge in [0.15, 0.2) is 5.13 Å². The summed E-state index contributed by atoms with van der Waals surface area (Å²) in [6.45, 7) is 12.4. The van der Waals surface area contributed by atoms with Crippen LogP contribution in [-0.2, 0) is 21.4 Å². The Balaban J connectivity index is 1.54. The Morgan fingerprint density at radius 3 is 2.48 bits per heavy atom. The van der Waals surface area contributed by atoms with E-state index in [1.54, 1.807) is 6.07 Å². The van der Waals surface area contributed by atoms with E-state index in [2.05, 4.69) is 26.8 Å². The summed E-state index contributed by atoms with van der Waals surface area (Å²) in [4.78, 5) is 33.7. The number of fused-ring (bicyclic) bond motifs is 2. The molecule has 2 aliphatic rings. The van der Waals surface area contributed by atoms with Crippen LogP contribution in [0.2, 0.25) is 0 Å². The number of aliphatic hydroxyl groups is 1. The average Bonchev–Trinajstić information content (AvgIpc) is 3.56. The Morgan fingerprint density at radius 2 is 1.77 bits per heavy atom. The third-order valence-electron chi connectivity index (χ3n) is 7.73. The van der Waals surface area contributed by atoms with E-state index in [0.29, 0.717) is 17.1 Å². The smallest absolute Gasteiger partial charge is 0.301 e. The molecular weight excluding hydrogens is 520 g/mol. The van der Waals surface area contributed by atoms with Crippen molar-refractivity contribution in [3.63, 3.8) is 0 Å². The zero-order valence-electron chi connectivity index (χ0n) is 23.5. The van der Waals surface area contributed by atoms with Gasteiger partial charge >= 0.3 is 5.91 Å². The summed E-state index contributed by atoms with van der Waals surface area (Å²) in [7, 11) is 0. The molecule has 7 heteroatoms. The lowest BCUT2D eigenvalue weighted by Gasteiger charge is -2.24. The van der Waals surface area contributed by atoms with Crippen molar-refractivity contribution >= 4 is 44.1 Å². The molecule has 0 saturated carbocycles. The summed E-state index contributed by atoms with van der Waals surface area (Å²) in [5.41, 5.74) is 6.24. The molecule has 2 atom stereocenters. The van der Waals surface area contributed by atoms with Gasteiger partial charge in [0, 0.05) is 12.0 Å². The average molecular weight is 553 g/mol. The first kappa shape index (κ1) is 26.3. The van der Waals surface area contributed by atoms with Crippen molar-refractivity contribution in [1.29, 1.82) is 0 Å². The summed E-state index contributed by atoms with van der Waals surface area (Å²) in [5.74, 6) is -0.835.